The van der Waals surface area contributed by atoms with Crippen LogP contribution in [0, 0.1) is 5.92 Å². The summed E-state index contributed by atoms with van der Waals surface area (Å²) in [5.41, 5.74) is -0.884. The molecule has 3 atom stereocenters. The van der Waals surface area contributed by atoms with Gasteiger partial charge in [-0.3, -0.25) is 9.59 Å². The molecule has 8 heteroatoms. The number of hydrogen-bond acceptors (Lipinski definition) is 5. The number of carbonyl (C=O) groups is 3. The summed E-state index contributed by atoms with van der Waals surface area (Å²) in [5, 5.41) is 15.9. The van der Waals surface area contributed by atoms with Gasteiger partial charge in [-0.05, 0) is 78.0 Å². The Morgan fingerprint density at radius 3 is 2.08 bits per heavy atom. The molecule has 1 aromatic carbocycles. The Morgan fingerprint density at radius 2 is 1.59 bits per heavy atom. The molecule has 0 saturated heterocycles. The number of aromatic hydroxyl groups is 1. The maximum atomic E-state index is 14.3. The fraction of sp³-hybridized carbons (Fsp3) is 0.690. The molecular formula is C29H47N3O5. The molecule has 1 saturated carbocycles. The first-order valence-electron chi connectivity index (χ1n) is 13.6. The molecular weight excluding hydrogens is 470 g/mol. The molecule has 0 heterocycles. The van der Waals surface area contributed by atoms with E-state index in [9.17, 15) is 19.5 Å². The number of nitrogens with one attached hydrogen (secondary N) is 2. The second-order valence-electron chi connectivity index (χ2n) is 12.2. The van der Waals surface area contributed by atoms with Gasteiger partial charge in [-0.15, -0.1) is 0 Å². The Hall–Kier alpha value is -2.77. The van der Waals surface area contributed by atoms with Gasteiger partial charge in [0.05, 0.1) is 0 Å². The average Bonchev–Trinajstić information content (AvgIpc) is 2.79. The van der Waals surface area contributed by atoms with Crippen molar-refractivity contribution in [3.05, 3.63) is 29.8 Å². The summed E-state index contributed by atoms with van der Waals surface area (Å²) in [6.07, 6.45) is 5.07. The lowest BCUT2D eigenvalue weighted by molar-refractivity contribution is -0.149. The van der Waals surface area contributed by atoms with Crippen LogP contribution in [0.15, 0.2) is 24.3 Å². The van der Waals surface area contributed by atoms with Crippen LogP contribution >= 0.6 is 0 Å². The maximum absolute atomic E-state index is 14.3. The smallest absolute Gasteiger partial charge is 0.408 e. The van der Waals surface area contributed by atoms with E-state index in [4.69, 9.17) is 4.74 Å². The van der Waals surface area contributed by atoms with Gasteiger partial charge in [0.1, 0.15) is 23.4 Å². The van der Waals surface area contributed by atoms with Gasteiger partial charge in [0, 0.05) is 11.6 Å². The summed E-state index contributed by atoms with van der Waals surface area (Å²) < 4.78 is 5.46. The Bertz CT molecular complexity index is 911. The molecule has 1 aliphatic rings. The number of alkyl carbamates (subject to hydrolysis) is 1. The average molecular weight is 518 g/mol. The molecule has 208 valence electrons. The number of rotatable bonds is 8. The molecule has 0 radical (unpaired) electrons. The van der Waals surface area contributed by atoms with Gasteiger partial charge < -0.3 is 25.4 Å². The number of hydrogen-bond donors (Lipinski definition) is 3. The SMILES string of the molecule is CCC(C)C(NC(=O)OC(C)(C)C)C(=O)N(C(C(=O)NC1CCCCC1)c1ccc(O)cc1)C(C)(C)C. The summed E-state index contributed by atoms with van der Waals surface area (Å²) >= 11 is 0. The van der Waals surface area contributed by atoms with E-state index in [0.717, 1.165) is 32.1 Å². The van der Waals surface area contributed by atoms with Crippen molar-refractivity contribution in [2.24, 2.45) is 5.92 Å². The number of ether oxygens (including phenoxy) is 1. The van der Waals surface area contributed by atoms with Gasteiger partial charge >= 0.3 is 6.09 Å². The molecule has 0 aliphatic heterocycles. The second-order valence-corrected chi connectivity index (χ2v) is 12.2. The molecule has 8 nitrogen and oxygen atoms in total. The van der Waals surface area contributed by atoms with E-state index in [1.165, 1.54) is 12.1 Å². The van der Waals surface area contributed by atoms with Crippen molar-refractivity contribution in [2.45, 2.75) is 123 Å². The van der Waals surface area contributed by atoms with Crippen LogP contribution in [0.1, 0.15) is 106 Å². The largest absolute Gasteiger partial charge is 0.508 e. The first-order valence-corrected chi connectivity index (χ1v) is 13.6. The zero-order chi connectivity index (χ0) is 28.0. The van der Waals surface area contributed by atoms with Crippen LogP contribution in [0.2, 0.25) is 0 Å². The van der Waals surface area contributed by atoms with Gasteiger partial charge in [-0.25, -0.2) is 4.79 Å². The molecule has 0 aromatic heterocycles. The van der Waals surface area contributed by atoms with E-state index in [2.05, 4.69) is 10.6 Å². The van der Waals surface area contributed by atoms with E-state index >= 15 is 0 Å². The summed E-state index contributed by atoms with van der Waals surface area (Å²) in [6.45, 7) is 14.8. The van der Waals surface area contributed by atoms with Crippen molar-refractivity contribution in [3.63, 3.8) is 0 Å². The Morgan fingerprint density at radius 1 is 1.03 bits per heavy atom. The van der Waals surface area contributed by atoms with Crippen LogP contribution in [-0.4, -0.2) is 51.1 Å². The van der Waals surface area contributed by atoms with Crippen molar-refractivity contribution in [2.75, 3.05) is 0 Å². The number of amides is 3. The van der Waals surface area contributed by atoms with Gasteiger partial charge in [0.25, 0.3) is 0 Å². The first kappa shape index (κ1) is 30.5. The van der Waals surface area contributed by atoms with Crippen molar-refractivity contribution >= 4 is 17.9 Å². The molecule has 3 N–H and O–H groups in total. The maximum Gasteiger partial charge on any atom is 0.408 e. The molecule has 1 aromatic rings. The zero-order valence-electron chi connectivity index (χ0n) is 23.9. The highest BCUT2D eigenvalue weighted by Crippen LogP contribution is 2.32. The first-order chi connectivity index (χ1) is 17.1. The summed E-state index contributed by atoms with van der Waals surface area (Å²) in [7, 11) is 0. The van der Waals surface area contributed by atoms with Crippen molar-refractivity contribution < 1.29 is 24.2 Å². The van der Waals surface area contributed by atoms with Crippen LogP contribution in [-0.2, 0) is 14.3 Å². The number of carbonyl (C=O) groups excluding carboxylic acids is 3. The van der Waals surface area contributed by atoms with Gasteiger partial charge in [0.15, 0.2) is 0 Å². The van der Waals surface area contributed by atoms with Gasteiger partial charge in [0.2, 0.25) is 11.8 Å². The normalized spacial score (nSPS) is 17.3. The summed E-state index contributed by atoms with van der Waals surface area (Å²) in [4.78, 5) is 42.5. The number of benzene rings is 1. The highest BCUT2D eigenvalue weighted by atomic mass is 16.6. The van der Waals surface area contributed by atoms with Gasteiger partial charge in [-0.2, -0.15) is 0 Å². The lowest BCUT2D eigenvalue weighted by atomic mass is 9.91. The Labute approximate surface area is 222 Å². The molecule has 1 fully saturated rings. The number of phenols is 1. The predicted molar refractivity (Wildman–Crippen MR) is 145 cm³/mol. The van der Waals surface area contributed by atoms with Crippen LogP contribution in [0.4, 0.5) is 4.79 Å². The third-order valence-corrected chi connectivity index (χ3v) is 6.78. The van der Waals surface area contributed by atoms with Crippen molar-refractivity contribution in [1.29, 1.82) is 0 Å². The lowest BCUT2D eigenvalue weighted by Crippen LogP contribution is -2.60. The van der Waals surface area contributed by atoms with Crippen LogP contribution in [0.3, 0.4) is 0 Å². The minimum atomic E-state index is -0.943. The molecule has 3 amide bonds. The topological polar surface area (TPSA) is 108 Å². The molecule has 3 unspecified atom stereocenters. The fourth-order valence-electron chi connectivity index (χ4n) is 4.71. The molecule has 0 bridgehead atoms. The van der Waals surface area contributed by atoms with E-state index in [1.807, 2.05) is 34.6 Å². The van der Waals surface area contributed by atoms with E-state index in [0.29, 0.717) is 12.0 Å². The van der Waals surface area contributed by atoms with Crippen LogP contribution in [0.5, 0.6) is 5.75 Å². The van der Waals surface area contributed by atoms with Crippen molar-refractivity contribution in [1.82, 2.24) is 15.5 Å². The molecule has 1 aliphatic carbocycles. The van der Waals surface area contributed by atoms with Crippen LogP contribution in [0.25, 0.3) is 0 Å². The van der Waals surface area contributed by atoms with E-state index < -0.39 is 29.3 Å². The molecule has 0 spiro atoms. The Balaban J connectivity index is 2.52. The molecule has 2 rings (SSSR count). The van der Waals surface area contributed by atoms with E-state index in [-0.39, 0.29) is 29.5 Å². The van der Waals surface area contributed by atoms with Crippen LogP contribution < -0.4 is 10.6 Å². The second kappa shape index (κ2) is 12.7. The quantitative estimate of drug-likeness (QED) is 0.425. The van der Waals surface area contributed by atoms with Crippen molar-refractivity contribution in [3.8, 4) is 5.75 Å². The predicted octanol–water partition coefficient (Wildman–Crippen LogP) is 5.45. The minimum Gasteiger partial charge on any atom is -0.508 e. The minimum absolute atomic E-state index is 0.0584. The summed E-state index contributed by atoms with van der Waals surface area (Å²) in [5.74, 6) is -0.745. The van der Waals surface area contributed by atoms with E-state index in [1.54, 1.807) is 37.8 Å². The number of phenolic OH excluding ortho intramolecular Hbond substituents is 1. The monoisotopic (exact) mass is 517 g/mol. The molecule has 37 heavy (non-hydrogen) atoms. The number of nitrogens with zero attached hydrogens (tertiary/aromatic N) is 1. The Kier molecular flexibility index (Phi) is 10.4. The highest BCUT2D eigenvalue weighted by Gasteiger charge is 2.43. The fourth-order valence-corrected chi connectivity index (χ4v) is 4.71. The summed E-state index contributed by atoms with van der Waals surface area (Å²) in [6, 6.07) is 4.61. The lowest BCUT2D eigenvalue weighted by Gasteiger charge is -2.44. The standard InChI is InChI=1S/C29H47N3O5/c1-9-19(2)23(31-27(36)37-29(6,7)8)26(35)32(28(3,4)5)24(20-15-17-22(33)18-16-20)25(34)30-21-13-11-10-12-14-21/h15-19,21,23-24,33H,9-14H2,1-8H3,(H,30,34)(H,31,36). The van der Waals surface area contributed by atoms with Gasteiger partial charge in [-0.1, -0.05) is 51.7 Å². The highest BCUT2D eigenvalue weighted by molar-refractivity contribution is 5.93. The third-order valence-electron chi connectivity index (χ3n) is 6.78. The zero-order valence-corrected chi connectivity index (χ0v) is 23.9. The third kappa shape index (κ3) is 8.93.